The first-order valence-electron chi connectivity index (χ1n) is 9.16. The number of ketones is 1. The molecule has 152 valence electrons. The summed E-state index contributed by atoms with van der Waals surface area (Å²) in [6.07, 6.45) is 0. The molecular formula is C22H23FN2O4. The van der Waals surface area contributed by atoms with E-state index in [2.05, 4.69) is 0 Å². The van der Waals surface area contributed by atoms with Gasteiger partial charge < -0.3 is 19.6 Å². The maximum absolute atomic E-state index is 13.5. The predicted octanol–water partition coefficient (Wildman–Crippen LogP) is 2.82. The number of nitrogens with zero attached hydrogens (tertiary/aromatic N) is 2. The molecule has 0 unspecified atom stereocenters. The van der Waals surface area contributed by atoms with E-state index in [1.807, 2.05) is 19.0 Å². The van der Waals surface area contributed by atoms with E-state index in [1.54, 1.807) is 24.3 Å². The standard InChI is InChI=1S/C22H23FN2O4/c1-24(2)11-12-25-19(14-7-9-16(23)10-8-14)18(21(27)22(25)28)20(26)15-5-4-6-17(13-15)29-3/h4-10,13,19,26H,11-12H2,1-3H3/b20-18+/t19-/m1/s1. The van der Waals surface area contributed by atoms with Crippen LogP contribution in [0, 0.1) is 5.82 Å². The Kier molecular flexibility index (Phi) is 5.98. The van der Waals surface area contributed by atoms with Crippen molar-refractivity contribution in [3.8, 4) is 5.75 Å². The highest BCUT2D eigenvalue weighted by atomic mass is 19.1. The molecule has 2 aromatic rings. The Hall–Kier alpha value is -3.19. The van der Waals surface area contributed by atoms with Crippen LogP contribution in [0.5, 0.6) is 5.75 Å². The van der Waals surface area contributed by atoms with E-state index in [0.717, 1.165) is 0 Å². The number of hydrogen-bond donors (Lipinski definition) is 1. The topological polar surface area (TPSA) is 70.1 Å². The van der Waals surface area contributed by atoms with E-state index in [9.17, 15) is 19.1 Å². The van der Waals surface area contributed by atoms with Crippen molar-refractivity contribution < 1.29 is 23.8 Å². The van der Waals surface area contributed by atoms with Crippen LogP contribution in [0.3, 0.4) is 0 Å². The van der Waals surface area contributed by atoms with Crippen molar-refractivity contribution in [1.82, 2.24) is 9.80 Å². The van der Waals surface area contributed by atoms with E-state index < -0.39 is 23.5 Å². The number of benzene rings is 2. The molecular weight excluding hydrogens is 375 g/mol. The van der Waals surface area contributed by atoms with E-state index in [0.29, 0.717) is 23.4 Å². The van der Waals surface area contributed by atoms with Crippen molar-refractivity contribution in [3.05, 3.63) is 71.0 Å². The summed E-state index contributed by atoms with van der Waals surface area (Å²) in [5.41, 5.74) is 0.893. The van der Waals surface area contributed by atoms with Crippen LogP contribution in [0.15, 0.2) is 54.1 Å². The van der Waals surface area contributed by atoms with E-state index in [1.165, 1.54) is 36.3 Å². The Bertz CT molecular complexity index is 954. The van der Waals surface area contributed by atoms with Crippen LogP contribution in [0.1, 0.15) is 17.2 Å². The zero-order valence-electron chi connectivity index (χ0n) is 16.6. The van der Waals surface area contributed by atoms with Crippen LogP contribution in [-0.4, -0.2) is 60.9 Å². The number of rotatable bonds is 6. The fraction of sp³-hybridized carbons (Fsp3) is 0.273. The Morgan fingerprint density at radius 3 is 2.48 bits per heavy atom. The third kappa shape index (κ3) is 4.14. The largest absolute Gasteiger partial charge is 0.507 e. The molecule has 2 aromatic carbocycles. The van der Waals surface area contributed by atoms with Gasteiger partial charge in [0.1, 0.15) is 17.3 Å². The normalized spacial score (nSPS) is 18.5. The molecule has 1 aliphatic heterocycles. The van der Waals surface area contributed by atoms with Gasteiger partial charge >= 0.3 is 0 Å². The second-order valence-corrected chi connectivity index (χ2v) is 7.08. The first kappa shape index (κ1) is 20.5. The summed E-state index contributed by atoms with van der Waals surface area (Å²) < 4.78 is 18.6. The minimum atomic E-state index is -0.804. The summed E-state index contributed by atoms with van der Waals surface area (Å²) in [7, 11) is 5.22. The molecule has 0 spiro atoms. The van der Waals surface area contributed by atoms with Gasteiger partial charge in [-0.05, 0) is 43.9 Å². The van der Waals surface area contributed by atoms with Gasteiger partial charge in [-0.25, -0.2) is 4.39 Å². The van der Waals surface area contributed by atoms with Crippen LogP contribution >= 0.6 is 0 Å². The number of carbonyl (C=O) groups is 2. The number of likely N-dealkylation sites (N-methyl/N-ethyl adjacent to an activating group) is 1. The molecule has 1 heterocycles. The number of methoxy groups -OCH3 is 1. The van der Waals surface area contributed by atoms with E-state index >= 15 is 0 Å². The first-order chi connectivity index (χ1) is 13.8. The highest BCUT2D eigenvalue weighted by molar-refractivity contribution is 6.46. The lowest BCUT2D eigenvalue weighted by Gasteiger charge is -2.26. The Labute approximate surface area is 168 Å². The molecule has 0 radical (unpaired) electrons. The summed E-state index contributed by atoms with van der Waals surface area (Å²) in [5.74, 6) is -1.66. The van der Waals surface area contributed by atoms with Crippen LogP contribution < -0.4 is 4.74 Å². The number of aliphatic hydroxyl groups excluding tert-OH is 1. The lowest BCUT2D eigenvalue weighted by molar-refractivity contribution is -0.140. The molecule has 1 fully saturated rings. The summed E-state index contributed by atoms with van der Waals surface area (Å²) in [6, 6.07) is 11.4. The molecule has 1 amide bonds. The van der Waals surface area contributed by atoms with Crippen molar-refractivity contribution in [2.75, 3.05) is 34.3 Å². The molecule has 0 bridgehead atoms. The number of aliphatic hydroxyl groups is 1. The Morgan fingerprint density at radius 2 is 1.86 bits per heavy atom. The molecule has 0 aliphatic carbocycles. The minimum absolute atomic E-state index is 0.0198. The molecule has 0 saturated carbocycles. The van der Waals surface area contributed by atoms with Crippen molar-refractivity contribution >= 4 is 17.4 Å². The van der Waals surface area contributed by atoms with Crippen molar-refractivity contribution in [2.24, 2.45) is 0 Å². The highest BCUT2D eigenvalue weighted by Crippen LogP contribution is 2.39. The van der Waals surface area contributed by atoms with Gasteiger partial charge in [0, 0.05) is 18.7 Å². The Morgan fingerprint density at radius 1 is 1.17 bits per heavy atom. The van der Waals surface area contributed by atoms with Gasteiger partial charge in [-0.3, -0.25) is 9.59 Å². The molecule has 6 nitrogen and oxygen atoms in total. The van der Waals surface area contributed by atoms with E-state index in [4.69, 9.17) is 4.74 Å². The fourth-order valence-electron chi connectivity index (χ4n) is 3.34. The molecule has 1 saturated heterocycles. The monoisotopic (exact) mass is 398 g/mol. The number of amides is 1. The second-order valence-electron chi connectivity index (χ2n) is 7.08. The van der Waals surface area contributed by atoms with E-state index in [-0.39, 0.29) is 17.9 Å². The number of carbonyl (C=O) groups excluding carboxylic acids is 2. The highest BCUT2D eigenvalue weighted by Gasteiger charge is 2.45. The van der Waals surface area contributed by atoms with Gasteiger partial charge in [-0.15, -0.1) is 0 Å². The van der Waals surface area contributed by atoms with Crippen molar-refractivity contribution in [1.29, 1.82) is 0 Å². The zero-order chi connectivity index (χ0) is 21.1. The Balaban J connectivity index is 2.14. The molecule has 3 rings (SSSR count). The van der Waals surface area contributed by atoms with Gasteiger partial charge in [0.25, 0.3) is 11.7 Å². The lowest BCUT2D eigenvalue weighted by atomic mass is 9.95. The molecule has 0 aromatic heterocycles. The predicted molar refractivity (Wildman–Crippen MR) is 107 cm³/mol. The van der Waals surface area contributed by atoms with Crippen molar-refractivity contribution in [2.45, 2.75) is 6.04 Å². The summed E-state index contributed by atoms with van der Waals surface area (Å²) >= 11 is 0. The number of likely N-dealkylation sites (tertiary alicyclic amines) is 1. The third-order valence-electron chi connectivity index (χ3n) is 4.86. The van der Waals surface area contributed by atoms with Gasteiger partial charge in [-0.1, -0.05) is 24.3 Å². The van der Waals surface area contributed by atoms with Crippen molar-refractivity contribution in [3.63, 3.8) is 0 Å². The van der Waals surface area contributed by atoms with Crippen LogP contribution in [0.25, 0.3) is 5.76 Å². The summed E-state index contributed by atoms with van der Waals surface area (Å²) in [6.45, 7) is 0.818. The zero-order valence-corrected chi connectivity index (χ0v) is 16.6. The van der Waals surface area contributed by atoms with Crippen LogP contribution in [-0.2, 0) is 9.59 Å². The number of Topliss-reactive ketones (excluding diaryl/α,β-unsaturated/α-hetero) is 1. The minimum Gasteiger partial charge on any atom is -0.507 e. The van der Waals surface area contributed by atoms with Gasteiger partial charge in [0.05, 0.1) is 18.7 Å². The summed E-state index contributed by atoms with van der Waals surface area (Å²) in [4.78, 5) is 28.9. The molecule has 1 N–H and O–H groups in total. The van der Waals surface area contributed by atoms with Gasteiger partial charge in [0.2, 0.25) is 0 Å². The second kappa shape index (κ2) is 8.45. The number of ether oxygens (including phenoxy) is 1. The fourth-order valence-corrected chi connectivity index (χ4v) is 3.34. The third-order valence-corrected chi connectivity index (χ3v) is 4.86. The lowest BCUT2D eigenvalue weighted by Crippen LogP contribution is -2.35. The number of halogens is 1. The smallest absolute Gasteiger partial charge is 0.295 e. The summed E-state index contributed by atoms with van der Waals surface area (Å²) in [5, 5.41) is 10.9. The average molecular weight is 398 g/mol. The first-order valence-corrected chi connectivity index (χ1v) is 9.16. The molecule has 1 atom stereocenters. The maximum atomic E-state index is 13.5. The average Bonchev–Trinajstić information content (AvgIpc) is 2.97. The SMILES string of the molecule is COc1cccc(/C(O)=C2\C(=O)C(=O)N(CCN(C)C)[C@@H]2c2ccc(F)cc2)c1. The van der Waals surface area contributed by atoms with Crippen LogP contribution in [0.2, 0.25) is 0 Å². The van der Waals surface area contributed by atoms with Gasteiger partial charge in [0.15, 0.2) is 0 Å². The molecule has 7 heteroatoms. The van der Waals surface area contributed by atoms with Crippen LogP contribution in [0.4, 0.5) is 4.39 Å². The molecule has 29 heavy (non-hydrogen) atoms. The quantitative estimate of drug-likeness (QED) is 0.460. The number of hydrogen-bond acceptors (Lipinski definition) is 5. The maximum Gasteiger partial charge on any atom is 0.295 e. The van der Waals surface area contributed by atoms with Gasteiger partial charge in [-0.2, -0.15) is 0 Å². The molecule has 1 aliphatic rings.